The van der Waals surface area contributed by atoms with Crippen molar-refractivity contribution in [2.24, 2.45) is 0 Å². The molecule has 22 heavy (non-hydrogen) atoms. The van der Waals surface area contributed by atoms with Gasteiger partial charge in [0.15, 0.2) is 17.3 Å². The lowest BCUT2D eigenvalue weighted by Gasteiger charge is -2.41. The van der Waals surface area contributed by atoms with Gasteiger partial charge < -0.3 is 9.67 Å². The number of fused-ring (bicyclic) bond motifs is 2. The monoisotopic (exact) mass is 299 g/mol. The topological polar surface area (TPSA) is 59.3 Å². The predicted octanol–water partition coefficient (Wildman–Crippen LogP) is 3.47. The lowest BCUT2D eigenvalue weighted by atomic mass is 9.73. The van der Waals surface area contributed by atoms with Gasteiger partial charge in [-0.05, 0) is 50.2 Å². The lowest BCUT2D eigenvalue weighted by molar-refractivity contribution is -0.128. The highest BCUT2D eigenvalue weighted by Crippen LogP contribution is 2.49. The molecule has 1 aromatic heterocycles. The molecule has 0 atom stereocenters. The van der Waals surface area contributed by atoms with Crippen molar-refractivity contribution in [2.45, 2.75) is 63.3 Å². The zero-order chi connectivity index (χ0) is 15.5. The predicted molar refractivity (Wildman–Crippen MR) is 82.7 cm³/mol. The Balaban J connectivity index is 1.98. The third-order valence-corrected chi connectivity index (χ3v) is 5.54. The average Bonchev–Trinajstić information content (AvgIpc) is 3.24. The van der Waals surface area contributed by atoms with Crippen molar-refractivity contribution < 1.29 is 14.7 Å². The van der Waals surface area contributed by atoms with Gasteiger partial charge in [-0.2, -0.15) is 0 Å². The first-order chi connectivity index (χ1) is 10.6. The van der Waals surface area contributed by atoms with Crippen molar-refractivity contribution in [2.75, 3.05) is 0 Å². The molecule has 2 aliphatic carbocycles. The molecule has 1 N–H and O–H groups in total. The van der Waals surface area contributed by atoms with Gasteiger partial charge in [-0.3, -0.25) is 9.59 Å². The molecule has 0 unspecified atom stereocenters. The van der Waals surface area contributed by atoms with Gasteiger partial charge in [0, 0.05) is 6.20 Å². The molecular formula is C18H21NO3. The van der Waals surface area contributed by atoms with Gasteiger partial charge in [0.2, 0.25) is 0 Å². The maximum absolute atomic E-state index is 13.1. The fraction of sp³-hybridized carbons (Fsp3) is 0.556. The molecule has 0 bridgehead atoms. The normalized spacial score (nSPS) is 23.8. The van der Waals surface area contributed by atoms with E-state index in [2.05, 4.69) is 0 Å². The fourth-order valence-electron chi connectivity index (χ4n) is 4.28. The van der Waals surface area contributed by atoms with E-state index in [0.717, 1.165) is 56.2 Å². The molecule has 0 aromatic carbocycles. The van der Waals surface area contributed by atoms with Crippen LogP contribution in [0.4, 0.5) is 0 Å². The van der Waals surface area contributed by atoms with Gasteiger partial charge in [0.1, 0.15) is 11.1 Å². The number of carbonyl (C=O) groups is 2. The minimum absolute atomic E-state index is 0.0231. The number of ketones is 2. The van der Waals surface area contributed by atoms with Crippen molar-refractivity contribution in [3.8, 4) is 0 Å². The second-order valence-corrected chi connectivity index (χ2v) is 6.97. The van der Waals surface area contributed by atoms with E-state index in [-0.39, 0.29) is 22.9 Å². The maximum Gasteiger partial charge on any atom is 0.196 e. The summed E-state index contributed by atoms with van der Waals surface area (Å²) < 4.78 is 1.99. The van der Waals surface area contributed by atoms with Crippen LogP contribution in [0.1, 0.15) is 69.0 Å². The lowest BCUT2D eigenvalue weighted by Crippen LogP contribution is -2.48. The summed E-state index contributed by atoms with van der Waals surface area (Å²) in [6, 6.07) is 2.04. The summed E-state index contributed by atoms with van der Waals surface area (Å²) in [5.41, 5.74) is 1.21. The second-order valence-electron chi connectivity index (χ2n) is 6.97. The van der Waals surface area contributed by atoms with E-state index in [9.17, 15) is 14.7 Å². The van der Waals surface area contributed by atoms with Gasteiger partial charge in [0.05, 0.1) is 5.69 Å². The van der Waals surface area contributed by atoms with Crippen LogP contribution in [0.25, 0.3) is 5.76 Å². The summed E-state index contributed by atoms with van der Waals surface area (Å²) in [6.07, 6.45) is 8.86. The van der Waals surface area contributed by atoms with E-state index >= 15 is 0 Å². The van der Waals surface area contributed by atoms with Crippen LogP contribution in [0, 0.1) is 0 Å². The summed E-state index contributed by atoms with van der Waals surface area (Å²) in [4.78, 5) is 25.1. The number of hydrogen-bond donors (Lipinski definition) is 1. The highest BCUT2D eigenvalue weighted by Gasteiger charge is 2.50. The van der Waals surface area contributed by atoms with Crippen LogP contribution in [0.5, 0.6) is 0 Å². The number of rotatable bonds is 2. The molecule has 4 rings (SSSR count). The Bertz CT molecular complexity index is 700. The molecule has 2 heterocycles. The first-order valence-corrected chi connectivity index (χ1v) is 8.27. The van der Waals surface area contributed by atoms with Crippen molar-refractivity contribution >= 4 is 17.3 Å². The number of aliphatic hydroxyl groups excluding tert-OH is 1. The van der Waals surface area contributed by atoms with E-state index in [4.69, 9.17) is 0 Å². The molecular weight excluding hydrogens is 278 g/mol. The largest absolute Gasteiger partial charge is 0.505 e. The quantitative estimate of drug-likeness (QED) is 0.851. The zero-order valence-corrected chi connectivity index (χ0v) is 12.9. The van der Waals surface area contributed by atoms with Crippen LogP contribution >= 0.6 is 0 Å². The van der Waals surface area contributed by atoms with Gasteiger partial charge in [-0.15, -0.1) is 0 Å². The molecule has 4 nitrogen and oxygen atoms in total. The van der Waals surface area contributed by atoms with E-state index in [1.54, 1.807) is 0 Å². The fourth-order valence-corrected chi connectivity index (χ4v) is 4.28. The smallest absolute Gasteiger partial charge is 0.196 e. The number of hydrogen-bond acceptors (Lipinski definition) is 3. The Morgan fingerprint density at radius 3 is 2.55 bits per heavy atom. The van der Waals surface area contributed by atoms with Crippen LogP contribution in [-0.2, 0) is 15.1 Å². The molecule has 1 aromatic rings. The van der Waals surface area contributed by atoms with Crippen LogP contribution in [0.3, 0.4) is 0 Å². The zero-order valence-electron chi connectivity index (χ0n) is 12.9. The molecule has 1 aliphatic heterocycles. The van der Waals surface area contributed by atoms with Crippen molar-refractivity contribution in [1.29, 1.82) is 0 Å². The molecule has 0 radical (unpaired) electrons. The Kier molecular flexibility index (Phi) is 2.87. The minimum Gasteiger partial charge on any atom is -0.505 e. The Morgan fingerprint density at radius 1 is 1.27 bits per heavy atom. The Hall–Kier alpha value is -1.84. The molecule has 3 aliphatic rings. The van der Waals surface area contributed by atoms with Gasteiger partial charge >= 0.3 is 0 Å². The van der Waals surface area contributed by atoms with Crippen molar-refractivity contribution in [3.05, 3.63) is 29.1 Å². The van der Waals surface area contributed by atoms with Crippen LogP contribution < -0.4 is 0 Å². The highest BCUT2D eigenvalue weighted by molar-refractivity contribution is 6.27. The number of aromatic nitrogens is 1. The summed E-state index contributed by atoms with van der Waals surface area (Å²) in [5.74, 6) is -0.120. The van der Waals surface area contributed by atoms with E-state index in [1.165, 1.54) is 6.92 Å². The van der Waals surface area contributed by atoms with E-state index in [0.29, 0.717) is 5.92 Å². The molecule has 2 fully saturated rings. The molecule has 1 spiro atoms. The SMILES string of the molecule is CC(=O)C1=C(O)c2c(C3CC3)ccn2C2(CCCCC2)C1=O. The number of allylic oxidation sites excluding steroid dienone is 1. The van der Waals surface area contributed by atoms with Gasteiger partial charge in [0.25, 0.3) is 0 Å². The van der Waals surface area contributed by atoms with E-state index < -0.39 is 5.54 Å². The van der Waals surface area contributed by atoms with Crippen LogP contribution in [-0.4, -0.2) is 21.2 Å². The van der Waals surface area contributed by atoms with Crippen molar-refractivity contribution in [3.63, 3.8) is 0 Å². The molecule has 0 amide bonds. The summed E-state index contributed by atoms with van der Waals surface area (Å²) >= 11 is 0. The number of carbonyl (C=O) groups excluding carboxylic acids is 2. The standard InChI is InChI=1S/C18H21NO3/c1-11(20)14-16(21)15-13(12-5-6-12)7-10-19(15)18(17(14)22)8-3-2-4-9-18/h7,10,12,21H,2-6,8-9H2,1H3. The Labute approximate surface area is 129 Å². The molecule has 2 saturated carbocycles. The van der Waals surface area contributed by atoms with Crippen molar-refractivity contribution in [1.82, 2.24) is 4.57 Å². The summed E-state index contributed by atoms with van der Waals surface area (Å²) in [6.45, 7) is 1.38. The number of nitrogens with zero attached hydrogens (tertiary/aromatic N) is 1. The minimum atomic E-state index is -0.645. The third-order valence-electron chi connectivity index (χ3n) is 5.54. The molecule has 116 valence electrons. The number of aliphatic hydroxyl groups is 1. The van der Waals surface area contributed by atoms with Crippen LogP contribution in [0.2, 0.25) is 0 Å². The van der Waals surface area contributed by atoms with Gasteiger partial charge in [-0.1, -0.05) is 19.3 Å². The van der Waals surface area contributed by atoms with Gasteiger partial charge in [-0.25, -0.2) is 0 Å². The summed E-state index contributed by atoms with van der Waals surface area (Å²) in [7, 11) is 0. The second kappa shape index (κ2) is 4.58. The molecule has 0 saturated heterocycles. The van der Waals surface area contributed by atoms with Crippen LogP contribution in [0.15, 0.2) is 17.8 Å². The number of Topliss-reactive ketones (excluding diaryl/α,β-unsaturated/α-hetero) is 2. The maximum atomic E-state index is 13.1. The first kappa shape index (κ1) is 13.8. The average molecular weight is 299 g/mol. The highest BCUT2D eigenvalue weighted by atomic mass is 16.3. The first-order valence-electron chi connectivity index (χ1n) is 8.27. The third kappa shape index (κ3) is 1.70. The van der Waals surface area contributed by atoms with E-state index in [1.807, 2.05) is 16.8 Å². The molecule has 4 heteroatoms. The summed E-state index contributed by atoms with van der Waals surface area (Å²) in [5, 5.41) is 10.6. The Morgan fingerprint density at radius 2 is 1.95 bits per heavy atom.